The van der Waals surface area contributed by atoms with Crippen LogP contribution in [0.25, 0.3) is 11.0 Å². The average Bonchev–Trinajstić information content (AvgIpc) is 2.77. The van der Waals surface area contributed by atoms with Crippen molar-refractivity contribution in [2.75, 3.05) is 11.5 Å². The normalized spacial score (nSPS) is 20.5. The fraction of sp³-hybridized carbons (Fsp3) is 0.438. The molecule has 1 aliphatic rings. The Morgan fingerprint density at radius 1 is 1.23 bits per heavy atom. The molecule has 1 saturated heterocycles. The Labute approximate surface area is 129 Å². The van der Waals surface area contributed by atoms with Gasteiger partial charge in [-0.15, -0.1) is 0 Å². The van der Waals surface area contributed by atoms with Crippen LogP contribution in [0.1, 0.15) is 23.1 Å². The van der Waals surface area contributed by atoms with E-state index >= 15 is 0 Å². The first-order chi connectivity index (χ1) is 10.3. The highest BCUT2D eigenvalue weighted by molar-refractivity contribution is 7.91. The highest BCUT2D eigenvalue weighted by Gasteiger charge is 2.27. The van der Waals surface area contributed by atoms with E-state index in [9.17, 15) is 13.2 Å². The third-order valence-electron chi connectivity index (χ3n) is 4.26. The maximum absolute atomic E-state index is 11.7. The van der Waals surface area contributed by atoms with Crippen molar-refractivity contribution in [3.8, 4) is 0 Å². The standard InChI is InChI=1S/C16H19NO4S/c1-10-5-14-12(7-16(18)21-15(14)6-11(10)2)8-17-13-3-4-22(19,20)9-13/h5-7,13,17H,3-4,8-9H2,1-2H3/t13-/m0/s1. The van der Waals surface area contributed by atoms with Crippen molar-refractivity contribution in [3.63, 3.8) is 0 Å². The highest BCUT2D eigenvalue weighted by Crippen LogP contribution is 2.22. The van der Waals surface area contributed by atoms with E-state index in [2.05, 4.69) is 5.32 Å². The van der Waals surface area contributed by atoms with Gasteiger partial charge in [-0.1, -0.05) is 0 Å². The number of rotatable bonds is 3. The van der Waals surface area contributed by atoms with Gasteiger partial charge in [0.25, 0.3) is 0 Å². The number of nitrogens with one attached hydrogen (secondary N) is 1. The van der Waals surface area contributed by atoms with Crippen LogP contribution in [0, 0.1) is 13.8 Å². The van der Waals surface area contributed by atoms with Gasteiger partial charge in [0, 0.05) is 24.0 Å². The molecule has 0 bridgehead atoms. The minimum absolute atomic E-state index is 0.0427. The van der Waals surface area contributed by atoms with Gasteiger partial charge in [0.15, 0.2) is 9.84 Å². The van der Waals surface area contributed by atoms with Crippen LogP contribution in [0.2, 0.25) is 0 Å². The zero-order valence-electron chi connectivity index (χ0n) is 12.7. The zero-order valence-corrected chi connectivity index (χ0v) is 13.5. The summed E-state index contributed by atoms with van der Waals surface area (Å²) in [7, 11) is -2.91. The van der Waals surface area contributed by atoms with Crippen molar-refractivity contribution in [2.45, 2.75) is 32.9 Å². The average molecular weight is 321 g/mol. The van der Waals surface area contributed by atoms with Crippen molar-refractivity contribution in [3.05, 3.63) is 45.3 Å². The smallest absolute Gasteiger partial charge is 0.336 e. The zero-order chi connectivity index (χ0) is 15.9. The molecule has 0 saturated carbocycles. The van der Waals surface area contributed by atoms with E-state index in [0.29, 0.717) is 18.5 Å². The molecule has 1 atom stereocenters. The van der Waals surface area contributed by atoms with Crippen LogP contribution in [0.4, 0.5) is 0 Å². The predicted molar refractivity (Wildman–Crippen MR) is 85.9 cm³/mol. The quantitative estimate of drug-likeness (QED) is 0.871. The lowest BCUT2D eigenvalue weighted by Crippen LogP contribution is -2.29. The summed E-state index contributed by atoms with van der Waals surface area (Å²) in [6.07, 6.45) is 0.625. The van der Waals surface area contributed by atoms with Gasteiger partial charge in [0.2, 0.25) is 0 Å². The molecule has 5 nitrogen and oxygen atoms in total. The molecule has 2 heterocycles. The second kappa shape index (κ2) is 5.52. The van der Waals surface area contributed by atoms with Gasteiger partial charge in [-0.2, -0.15) is 0 Å². The summed E-state index contributed by atoms with van der Waals surface area (Å²) in [5.74, 6) is 0.408. The fourth-order valence-electron chi connectivity index (χ4n) is 2.84. The predicted octanol–water partition coefficient (Wildman–Crippen LogP) is 1.69. The largest absolute Gasteiger partial charge is 0.423 e. The molecule has 22 heavy (non-hydrogen) atoms. The minimum atomic E-state index is -2.91. The highest BCUT2D eigenvalue weighted by atomic mass is 32.2. The Morgan fingerprint density at radius 3 is 2.64 bits per heavy atom. The van der Waals surface area contributed by atoms with Crippen molar-refractivity contribution in [1.82, 2.24) is 5.32 Å². The van der Waals surface area contributed by atoms with Crippen LogP contribution in [-0.2, 0) is 16.4 Å². The first-order valence-electron chi connectivity index (χ1n) is 7.32. The van der Waals surface area contributed by atoms with Crippen molar-refractivity contribution < 1.29 is 12.8 Å². The number of fused-ring (bicyclic) bond motifs is 1. The Bertz CT molecular complexity index is 883. The molecule has 1 N–H and O–H groups in total. The van der Waals surface area contributed by atoms with Gasteiger partial charge < -0.3 is 9.73 Å². The van der Waals surface area contributed by atoms with Crippen LogP contribution in [0.5, 0.6) is 0 Å². The Morgan fingerprint density at radius 2 is 1.95 bits per heavy atom. The van der Waals surface area contributed by atoms with Gasteiger partial charge in [0.1, 0.15) is 5.58 Å². The number of benzene rings is 1. The van der Waals surface area contributed by atoms with Gasteiger partial charge in [0.05, 0.1) is 11.5 Å². The number of sulfone groups is 1. The first kappa shape index (κ1) is 15.2. The third-order valence-corrected chi connectivity index (χ3v) is 6.03. The molecular formula is C16H19NO4S. The van der Waals surface area contributed by atoms with Crippen LogP contribution in [0.15, 0.2) is 27.4 Å². The molecule has 6 heteroatoms. The third kappa shape index (κ3) is 3.08. The van der Waals surface area contributed by atoms with Crippen LogP contribution >= 0.6 is 0 Å². The van der Waals surface area contributed by atoms with Crippen LogP contribution in [0.3, 0.4) is 0 Å². The van der Waals surface area contributed by atoms with Crippen molar-refractivity contribution >= 4 is 20.8 Å². The number of hydrogen-bond acceptors (Lipinski definition) is 5. The van der Waals surface area contributed by atoms with E-state index < -0.39 is 9.84 Å². The maximum atomic E-state index is 11.7. The summed E-state index contributed by atoms with van der Waals surface area (Å²) in [5.41, 5.74) is 3.24. The van der Waals surface area contributed by atoms with E-state index in [4.69, 9.17) is 4.42 Å². The molecule has 118 valence electrons. The SMILES string of the molecule is Cc1cc2oc(=O)cc(CN[C@H]3CCS(=O)(=O)C3)c2cc1C. The second-order valence-electron chi connectivity index (χ2n) is 6.00. The van der Waals surface area contributed by atoms with Crippen molar-refractivity contribution in [1.29, 1.82) is 0 Å². The molecule has 3 rings (SSSR count). The molecule has 1 fully saturated rings. The summed E-state index contributed by atoms with van der Waals surface area (Å²) in [6.45, 7) is 4.45. The van der Waals surface area contributed by atoms with Gasteiger partial charge in [-0.3, -0.25) is 0 Å². The number of hydrogen-bond donors (Lipinski definition) is 1. The summed E-state index contributed by atoms with van der Waals surface area (Å²) in [6, 6.07) is 5.32. The van der Waals surface area contributed by atoms with E-state index in [1.807, 2.05) is 26.0 Å². The van der Waals surface area contributed by atoms with E-state index in [0.717, 1.165) is 22.1 Å². The van der Waals surface area contributed by atoms with Gasteiger partial charge >= 0.3 is 5.63 Å². The molecule has 0 amide bonds. The summed E-state index contributed by atoms with van der Waals surface area (Å²) in [4.78, 5) is 11.7. The summed E-state index contributed by atoms with van der Waals surface area (Å²) < 4.78 is 28.3. The monoisotopic (exact) mass is 321 g/mol. The van der Waals surface area contributed by atoms with Crippen molar-refractivity contribution in [2.24, 2.45) is 0 Å². The topological polar surface area (TPSA) is 76.4 Å². The van der Waals surface area contributed by atoms with Crippen LogP contribution < -0.4 is 10.9 Å². The Kier molecular flexibility index (Phi) is 3.82. The summed E-state index contributed by atoms with van der Waals surface area (Å²) in [5, 5.41) is 4.15. The first-order valence-corrected chi connectivity index (χ1v) is 9.14. The van der Waals surface area contributed by atoms with E-state index in [-0.39, 0.29) is 23.2 Å². The lowest BCUT2D eigenvalue weighted by molar-refractivity contribution is 0.540. The molecular weight excluding hydrogens is 302 g/mol. The van der Waals surface area contributed by atoms with Gasteiger partial charge in [-0.05, 0) is 49.1 Å². The molecule has 2 aromatic rings. The molecule has 0 unspecified atom stereocenters. The Hall–Kier alpha value is -1.66. The molecule has 1 aromatic carbocycles. The van der Waals surface area contributed by atoms with E-state index in [1.54, 1.807) is 0 Å². The molecule has 1 aliphatic heterocycles. The lowest BCUT2D eigenvalue weighted by Gasteiger charge is -2.12. The molecule has 0 aliphatic carbocycles. The molecule has 0 spiro atoms. The minimum Gasteiger partial charge on any atom is -0.423 e. The molecule has 0 radical (unpaired) electrons. The van der Waals surface area contributed by atoms with E-state index in [1.165, 1.54) is 6.07 Å². The van der Waals surface area contributed by atoms with Crippen LogP contribution in [-0.4, -0.2) is 26.0 Å². The Balaban J connectivity index is 1.90. The fourth-order valence-corrected chi connectivity index (χ4v) is 4.55. The lowest BCUT2D eigenvalue weighted by atomic mass is 10.0. The van der Waals surface area contributed by atoms with Gasteiger partial charge in [-0.25, -0.2) is 13.2 Å². The maximum Gasteiger partial charge on any atom is 0.336 e. The number of aryl methyl sites for hydroxylation is 2. The summed E-state index contributed by atoms with van der Waals surface area (Å²) >= 11 is 0. The molecule has 1 aromatic heterocycles. The second-order valence-corrected chi connectivity index (χ2v) is 8.23.